The molecule has 1 atom stereocenters. The largest absolute Gasteiger partial charge is 0.350 e. The third-order valence-electron chi connectivity index (χ3n) is 3.54. The van der Waals surface area contributed by atoms with Gasteiger partial charge in [0, 0.05) is 21.9 Å². The van der Waals surface area contributed by atoms with Crippen LogP contribution >= 0.6 is 23.4 Å². The lowest BCUT2D eigenvalue weighted by Crippen LogP contribution is -2.24. The minimum Gasteiger partial charge on any atom is -0.350 e. The highest BCUT2D eigenvalue weighted by molar-refractivity contribution is 8.00. The molecule has 1 aliphatic heterocycles. The van der Waals surface area contributed by atoms with E-state index >= 15 is 0 Å². The number of thioether (sulfide) groups is 1. The van der Waals surface area contributed by atoms with Gasteiger partial charge < -0.3 is 9.47 Å². The number of ketones is 1. The first-order valence-corrected chi connectivity index (χ1v) is 8.73. The van der Waals surface area contributed by atoms with Crippen molar-refractivity contribution in [2.24, 2.45) is 0 Å². The molecule has 1 fully saturated rings. The SMILES string of the molecule is O=C(c1ccc(Cl)cc1)C(CC1OCCO1)Sc1ccccc1. The molecular formula is C18H17ClO3S. The molecule has 0 spiro atoms. The van der Waals surface area contributed by atoms with Gasteiger partial charge in [-0.3, -0.25) is 4.79 Å². The average molecular weight is 349 g/mol. The fraction of sp³-hybridized carbons (Fsp3) is 0.278. The lowest BCUT2D eigenvalue weighted by molar-refractivity contribution is -0.0454. The van der Waals surface area contributed by atoms with E-state index in [1.807, 2.05) is 30.3 Å². The van der Waals surface area contributed by atoms with Crippen molar-refractivity contribution in [3.63, 3.8) is 0 Å². The van der Waals surface area contributed by atoms with E-state index in [-0.39, 0.29) is 17.3 Å². The van der Waals surface area contributed by atoms with Crippen LogP contribution in [0.25, 0.3) is 0 Å². The molecule has 0 amide bonds. The van der Waals surface area contributed by atoms with Crippen LogP contribution in [0.15, 0.2) is 59.5 Å². The smallest absolute Gasteiger partial charge is 0.176 e. The van der Waals surface area contributed by atoms with Crippen molar-refractivity contribution in [1.82, 2.24) is 0 Å². The summed E-state index contributed by atoms with van der Waals surface area (Å²) in [5.74, 6) is 0.0645. The molecule has 3 rings (SSSR count). The van der Waals surface area contributed by atoms with Gasteiger partial charge in [0.05, 0.1) is 18.5 Å². The molecule has 0 N–H and O–H groups in total. The second kappa shape index (κ2) is 7.97. The molecule has 0 aliphatic carbocycles. The van der Waals surface area contributed by atoms with Crippen LogP contribution in [0.4, 0.5) is 0 Å². The van der Waals surface area contributed by atoms with Crippen LogP contribution in [0.1, 0.15) is 16.8 Å². The van der Waals surface area contributed by atoms with Crippen molar-refractivity contribution < 1.29 is 14.3 Å². The number of halogens is 1. The maximum Gasteiger partial charge on any atom is 0.176 e. The van der Waals surface area contributed by atoms with Gasteiger partial charge in [-0.25, -0.2) is 0 Å². The molecule has 0 radical (unpaired) electrons. The van der Waals surface area contributed by atoms with Crippen LogP contribution in [-0.2, 0) is 9.47 Å². The zero-order chi connectivity index (χ0) is 16.1. The van der Waals surface area contributed by atoms with Crippen molar-refractivity contribution in [1.29, 1.82) is 0 Å². The van der Waals surface area contributed by atoms with E-state index < -0.39 is 0 Å². The number of rotatable bonds is 6. The van der Waals surface area contributed by atoms with Gasteiger partial charge in [-0.2, -0.15) is 0 Å². The molecule has 0 bridgehead atoms. The summed E-state index contributed by atoms with van der Waals surface area (Å²) in [5, 5.41) is 0.359. The number of benzene rings is 2. The molecule has 3 nitrogen and oxygen atoms in total. The molecule has 1 unspecified atom stereocenters. The van der Waals surface area contributed by atoms with Gasteiger partial charge in [0.1, 0.15) is 0 Å². The molecule has 0 aromatic heterocycles. The topological polar surface area (TPSA) is 35.5 Å². The van der Waals surface area contributed by atoms with E-state index in [4.69, 9.17) is 21.1 Å². The maximum atomic E-state index is 12.9. The Kier molecular flexibility index (Phi) is 5.73. The number of carbonyl (C=O) groups is 1. The second-order valence-electron chi connectivity index (χ2n) is 5.20. The van der Waals surface area contributed by atoms with E-state index in [1.54, 1.807) is 36.0 Å². The van der Waals surface area contributed by atoms with Crippen molar-refractivity contribution in [3.05, 3.63) is 65.2 Å². The van der Waals surface area contributed by atoms with Crippen LogP contribution in [0.3, 0.4) is 0 Å². The Bertz CT molecular complexity index is 639. The Morgan fingerprint density at radius 3 is 2.39 bits per heavy atom. The normalized spacial score (nSPS) is 16.4. The van der Waals surface area contributed by atoms with Crippen LogP contribution in [0.5, 0.6) is 0 Å². The Morgan fingerprint density at radius 1 is 1.09 bits per heavy atom. The quantitative estimate of drug-likeness (QED) is 0.571. The number of hydrogen-bond acceptors (Lipinski definition) is 4. The minimum atomic E-state index is -0.313. The van der Waals surface area contributed by atoms with Crippen molar-refractivity contribution in [2.75, 3.05) is 13.2 Å². The summed E-state index contributed by atoms with van der Waals surface area (Å²) in [7, 11) is 0. The van der Waals surface area contributed by atoms with Gasteiger partial charge >= 0.3 is 0 Å². The highest BCUT2D eigenvalue weighted by Gasteiger charge is 2.28. The third kappa shape index (κ3) is 4.58. The summed E-state index contributed by atoms with van der Waals surface area (Å²) in [5.41, 5.74) is 0.654. The fourth-order valence-electron chi connectivity index (χ4n) is 2.39. The van der Waals surface area contributed by atoms with E-state index in [2.05, 4.69) is 0 Å². The monoisotopic (exact) mass is 348 g/mol. The highest BCUT2D eigenvalue weighted by Crippen LogP contribution is 2.30. The fourth-order valence-corrected chi connectivity index (χ4v) is 3.66. The molecule has 1 aliphatic rings. The number of carbonyl (C=O) groups excluding carboxylic acids is 1. The highest BCUT2D eigenvalue weighted by atomic mass is 35.5. The second-order valence-corrected chi connectivity index (χ2v) is 6.91. The Labute approximate surface area is 144 Å². The molecule has 0 saturated carbocycles. The molecule has 23 heavy (non-hydrogen) atoms. The van der Waals surface area contributed by atoms with Gasteiger partial charge in [-0.15, -0.1) is 11.8 Å². The summed E-state index contributed by atoms with van der Waals surface area (Å²) >= 11 is 7.45. The predicted molar refractivity (Wildman–Crippen MR) is 92.2 cm³/mol. The van der Waals surface area contributed by atoms with Gasteiger partial charge in [0.2, 0.25) is 0 Å². The van der Waals surface area contributed by atoms with Gasteiger partial charge in [-0.05, 0) is 36.4 Å². The summed E-state index contributed by atoms with van der Waals surface area (Å²) in [6, 6.07) is 16.9. The molecular weight excluding hydrogens is 332 g/mol. The molecule has 5 heteroatoms. The number of ether oxygens (including phenoxy) is 2. The summed E-state index contributed by atoms with van der Waals surface area (Å²) < 4.78 is 11.0. The first kappa shape index (κ1) is 16.5. The number of hydrogen-bond donors (Lipinski definition) is 0. The van der Waals surface area contributed by atoms with Gasteiger partial charge in [0.25, 0.3) is 0 Å². The first-order valence-electron chi connectivity index (χ1n) is 7.47. The standard InChI is InChI=1S/C18H17ClO3S/c19-14-8-6-13(7-9-14)18(20)16(12-17-21-10-11-22-17)23-15-4-2-1-3-5-15/h1-9,16-17H,10-12H2. The van der Waals surface area contributed by atoms with Crippen molar-refractivity contribution in [2.45, 2.75) is 22.9 Å². The first-order chi connectivity index (χ1) is 11.2. The maximum absolute atomic E-state index is 12.9. The zero-order valence-corrected chi connectivity index (χ0v) is 14.1. The van der Waals surface area contributed by atoms with E-state index in [0.29, 0.717) is 30.2 Å². The molecule has 120 valence electrons. The molecule has 1 heterocycles. The van der Waals surface area contributed by atoms with Crippen LogP contribution in [0.2, 0.25) is 5.02 Å². The Hall–Kier alpha value is -1.33. The molecule has 2 aromatic carbocycles. The Morgan fingerprint density at radius 2 is 1.74 bits per heavy atom. The van der Waals surface area contributed by atoms with Gasteiger partial charge in [-0.1, -0.05) is 29.8 Å². The zero-order valence-electron chi connectivity index (χ0n) is 12.5. The lowest BCUT2D eigenvalue weighted by atomic mass is 10.1. The number of Topliss-reactive ketones (excluding diaryl/α,β-unsaturated/α-hetero) is 1. The van der Waals surface area contributed by atoms with Crippen LogP contribution < -0.4 is 0 Å². The molecule has 1 saturated heterocycles. The summed E-state index contributed by atoms with van der Waals surface area (Å²) in [6.07, 6.45) is 0.216. The van der Waals surface area contributed by atoms with E-state index in [9.17, 15) is 4.79 Å². The van der Waals surface area contributed by atoms with Crippen LogP contribution in [-0.4, -0.2) is 30.5 Å². The average Bonchev–Trinajstić information content (AvgIpc) is 3.08. The minimum absolute atomic E-state index is 0.0645. The third-order valence-corrected chi connectivity index (χ3v) is 5.03. The van der Waals surface area contributed by atoms with E-state index in [1.165, 1.54) is 0 Å². The van der Waals surface area contributed by atoms with Crippen molar-refractivity contribution in [3.8, 4) is 0 Å². The Balaban J connectivity index is 1.78. The van der Waals surface area contributed by atoms with Gasteiger partial charge in [0.15, 0.2) is 12.1 Å². The molecule has 2 aromatic rings. The van der Waals surface area contributed by atoms with E-state index in [0.717, 1.165) is 4.90 Å². The lowest BCUT2D eigenvalue weighted by Gasteiger charge is -2.18. The summed E-state index contributed by atoms with van der Waals surface area (Å²) in [4.78, 5) is 13.9. The summed E-state index contributed by atoms with van der Waals surface area (Å²) in [6.45, 7) is 1.17. The van der Waals surface area contributed by atoms with Crippen LogP contribution in [0, 0.1) is 0 Å². The predicted octanol–water partition coefficient (Wildman–Crippen LogP) is 4.45. The van der Waals surface area contributed by atoms with Crippen molar-refractivity contribution >= 4 is 29.1 Å².